The number of benzene rings is 1. The van der Waals surface area contributed by atoms with Crippen molar-refractivity contribution in [2.45, 2.75) is 25.2 Å². The van der Waals surface area contributed by atoms with E-state index in [-0.39, 0.29) is 0 Å². The summed E-state index contributed by atoms with van der Waals surface area (Å²) in [6.45, 7) is 5.12. The Bertz CT molecular complexity index is 1270. The first kappa shape index (κ1) is 22.4. The molecule has 4 aliphatic heterocycles. The fourth-order valence-corrected chi connectivity index (χ4v) is 6.54. The van der Waals surface area contributed by atoms with Crippen LogP contribution < -0.4 is 24.0 Å². The predicted octanol–water partition coefficient (Wildman–Crippen LogP) is 3.24. The van der Waals surface area contributed by atoms with Crippen molar-refractivity contribution in [3.8, 4) is 11.5 Å². The Balaban J connectivity index is 1.01. The number of unbranched alkanes of at least 4 members (excludes halogenated alkanes) is 1. The van der Waals surface area contributed by atoms with Crippen LogP contribution in [0.3, 0.4) is 0 Å². The summed E-state index contributed by atoms with van der Waals surface area (Å²) in [6, 6.07) is 6.16. The standard InChI is InChI=1S/C26H31N5O3S/c1-32-19-6-5-7-20-23(19)18-8-11-30(13-17(18)15-34-20)9-3-4-10-31-14-21-24(28-16-31)25-26(35-21)27-12-22(29-25)33-2/h5-7,12,14,16-18,29H,3-4,8-11,13,15H2,1-2H3/t17-,18+/m0/s1. The Hall–Kier alpha value is -3.04. The molecule has 6 rings (SSSR count). The van der Waals surface area contributed by atoms with Crippen LogP contribution in [-0.4, -0.2) is 63.1 Å². The molecule has 2 aromatic rings. The van der Waals surface area contributed by atoms with E-state index in [2.05, 4.69) is 38.4 Å². The number of likely N-dealkylation sites (tertiary alicyclic amines) is 1. The van der Waals surface area contributed by atoms with Crippen molar-refractivity contribution < 1.29 is 14.2 Å². The van der Waals surface area contributed by atoms with Gasteiger partial charge in [-0.2, -0.15) is 0 Å². The van der Waals surface area contributed by atoms with Crippen molar-refractivity contribution in [3.63, 3.8) is 0 Å². The van der Waals surface area contributed by atoms with Gasteiger partial charge in [0, 0.05) is 30.8 Å². The van der Waals surface area contributed by atoms with Crippen molar-refractivity contribution in [1.82, 2.24) is 9.80 Å². The lowest BCUT2D eigenvalue weighted by Crippen LogP contribution is -2.44. The molecule has 5 heterocycles. The highest BCUT2D eigenvalue weighted by molar-refractivity contribution is 7.08. The summed E-state index contributed by atoms with van der Waals surface area (Å²) < 4.78 is 19.1. The minimum Gasteiger partial charge on any atom is -0.496 e. The average Bonchev–Trinajstić information content (AvgIpc) is 3.27. The number of rotatable bonds is 7. The molecule has 0 aliphatic carbocycles. The number of anilines is 1. The monoisotopic (exact) mass is 493 g/mol. The van der Waals surface area contributed by atoms with Gasteiger partial charge in [0.1, 0.15) is 27.5 Å². The third kappa shape index (κ3) is 4.27. The van der Waals surface area contributed by atoms with Crippen molar-refractivity contribution in [1.29, 1.82) is 0 Å². The number of hydrogen-bond acceptors (Lipinski definition) is 9. The van der Waals surface area contributed by atoms with Gasteiger partial charge in [-0.15, -0.1) is 11.3 Å². The van der Waals surface area contributed by atoms with E-state index in [1.807, 2.05) is 12.4 Å². The van der Waals surface area contributed by atoms with Gasteiger partial charge in [-0.25, -0.2) is 9.98 Å². The van der Waals surface area contributed by atoms with Gasteiger partial charge in [0.05, 0.1) is 37.9 Å². The number of methoxy groups -OCH3 is 2. The molecule has 0 saturated carbocycles. The number of ether oxygens (including phenoxy) is 3. The number of fused-ring (bicyclic) bond motifs is 6. The lowest BCUT2D eigenvalue weighted by molar-refractivity contribution is 0.0903. The Labute approximate surface area is 209 Å². The maximum Gasteiger partial charge on any atom is 0.210 e. The van der Waals surface area contributed by atoms with E-state index in [1.165, 1.54) is 18.4 Å². The summed E-state index contributed by atoms with van der Waals surface area (Å²) in [7, 11) is 3.39. The highest BCUT2D eigenvalue weighted by Gasteiger charge is 2.37. The van der Waals surface area contributed by atoms with E-state index in [0.29, 0.717) is 17.7 Å². The minimum absolute atomic E-state index is 0.533. The van der Waals surface area contributed by atoms with E-state index in [0.717, 1.165) is 71.3 Å². The molecule has 0 radical (unpaired) electrons. The molecule has 0 unspecified atom stereocenters. The van der Waals surface area contributed by atoms with Gasteiger partial charge in [0.2, 0.25) is 5.88 Å². The second kappa shape index (κ2) is 9.54. The summed E-state index contributed by atoms with van der Waals surface area (Å²) >= 11 is 1.65. The van der Waals surface area contributed by atoms with Crippen LogP contribution in [-0.2, 0) is 4.74 Å². The number of nitrogens with one attached hydrogen (secondary N) is 1. The van der Waals surface area contributed by atoms with E-state index >= 15 is 0 Å². The third-order valence-corrected chi connectivity index (χ3v) is 8.33. The molecule has 8 nitrogen and oxygen atoms in total. The first-order valence-electron chi connectivity index (χ1n) is 12.3. The van der Waals surface area contributed by atoms with E-state index in [4.69, 9.17) is 19.2 Å². The van der Waals surface area contributed by atoms with Gasteiger partial charge in [-0.1, -0.05) is 6.07 Å². The number of piperidine rings is 1. The van der Waals surface area contributed by atoms with E-state index in [1.54, 1.807) is 31.8 Å². The highest BCUT2D eigenvalue weighted by atomic mass is 32.1. The molecule has 9 heteroatoms. The largest absolute Gasteiger partial charge is 0.496 e. The first-order chi connectivity index (χ1) is 17.2. The van der Waals surface area contributed by atoms with Gasteiger partial charge in [-0.3, -0.25) is 0 Å². The molecule has 1 aromatic heterocycles. The molecule has 0 spiro atoms. The molecule has 1 aromatic carbocycles. The van der Waals surface area contributed by atoms with Crippen molar-refractivity contribution in [3.05, 3.63) is 45.0 Å². The van der Waals surface area contributed by atoms with Crippen LogP contribution in [0.1, 0.15) is 30.7 Å². The molecule has 1 fully saturated rings. The second-order valence-corrected chi connectivity index (χ2v) is 10.4. The normalized spacial score (nSPS) is 22.2. The molecule has 2 atom stereocenters. The van der Waals surface area contributed by atoms with Gasteiger partial charge in [0.15, 0.2) is 0 Å². The van der Waals surface area contributed by atoms with Gasteiger partial charge >= 0.3 is 0 Å². The van der Waals surface area contributed by atoms with Crippen molar-refractivity contribution in [2.24, 2.45) is 15.9 Å². The molecular weight excluding hydrogens is 462 g/mol. The Morgan fingerprint density at radius 3 is 3.00 bits per heavy atom. The fourth-order valence-electron chi connectivity index (χ4n) is 5.54. The Morgan fingerprint density at radius 1 is 1.20 bits per heavy atom. The van der Waals surface area contributed by atoms with Gasteiger partial charge < -0.3 is 29.3 Å². The van der Waals surface area contributed by atoms with Crippen LogP contribution in [0, 0.1) is 5.92 Å². The molecule has 0 bridgehead atoms. The summed E-state index contributed by atoms with van der Waals surface area (Å²) in [5.74, 6) is 3.69. The second-order valence-electron chi connectivity index (χ2n) is 9.40. The molecule has 184 valence electrons. The topological polar surface area (TPSA) is 70.9 Å². The minimum atomic E-state index is 0.533. The summed E-state index contributed by atoms with van der Waals surface area (Å²) in [5, 5.41) is 3.27. The fraction of sp³-hybridized carbons (Fsp3) is 0.462. The molecule has 1 N–H and O–H groups in total. The van der Waals surface area contributed by atoms with Gasteiger partial charge in [0.25, 0.3) is 0 Å². The van der Waals surface area contributed by atoms with E-state index in [9.17, 15) is 0 Å². The Kier molecular flexibility index (Phi) is 6.12. The van der Waals surface area contributed by atoms with Crippen LogP contribution in [0.5, 0.6) is 11.5 Å². The average molecular weight is 494 g/mol. The summed E-state index contributed by atoms with van der Waals surface area (Å²) in [6.07, 6.45) is 9.28. The zero-order chi connectivity index (χ0) is 23.8. The van der Waals surface area contributed by atoms with Gasteiger partial charge in [-0.05, 0) is 50.4 Å². The Morgan fingerprint density at radius 2 is 2.11 bits per heavy atom. The quantitative estimate of drug-likeness (QED) is 0.598. The lowest BCUT2D eigenvalue weighted by atomic mass is 9.78. The molecular formula is C26H31N5O3S. The molecule has 0 amide bonds. The van der Waals surface area contributed by atoms with Crippen LogP contribution in [0.4, 0.5) is 11.4 Å². The predicted molar refractivity (Wildman–Crippen MR) is 138 cm³/mol. The van der Waals surface area contributed by atoms with Crippen LogP contribution in [0.2, 0.25) is 0 Å². The lowest BCUT2D eigenvalue weighted by Gasteiger charge is -2.42. The number of thiophene rings is 1. The molecule has 1 saturated heterocycles. The van der Waals surface area contributed by atoms with Crippen molar-refractivity contribution in [2.75, 3.05) is 52.3 Å². The number of aliphatic imine (C=N–C) groups is 1. The first-order valence-corrected chi connectivity index (χ1v) is 13.1. The molecule has 35 heavy (non-hydrogen) atoms. The third-order valence-electron chi connectivity index (χ3n) is 7.30. The zero-order valence-electron chi connectivity index (χ0n) is 20.2. The highest BCUT2D eigenvalue weighted by Crippen LogP contribution is 2.46. The zero-order valence-corrected chi connectivity index (χ0v) is 21.0. The van der Waals surface area contributed by atoms with Crippen molar-refractivity contribution >= 4 is 35.3 Å². The van der Waals surface area contributed by atoms with Crippen LogP contribution in [0.25, 0.3) is 6.20 Å². The smallest absolute Gasteiger partial charge is 0.210 e. The summed E-state index contributed by atoms with van der Waals surface area (Å²) in [5.41, 5.74) is 3.16. The maximum absolute atomic E-state index is 6.11. The number of nitrogens with zero attached hydrogens (tertiary/aromatic N) is 4. The number of hydrogen-bond donors (Lipinski definition) is 1. The summed E-state index contributed by atoms with van der Waals surface area (Å²) in [4.78, 5) is 14.0. The van der Waals surface area contributed by atoms with Crippen LogP contribution >= 0.6 is 11.3 Å². The van der Waals surface area contributed by atoms with E-state index < -0.39 is 0 Å². The SMILES string of the molecule is COC1=CN=c2sc3c(c2N1)N=CN(CCCCN1CC[C@H]2c4c(OC)cccc4OC[C@@H]2C1)C=3. The molecule has 4 aliphatic rings. The maximum atomic E-state index is 6.11. The van der Waals surface area contributed by atoms with Crippen LogP contribution in [0.15, 0.2) is 40.3 Å².